The molecule has 6 heteroatoms. The highest BCUT2D eigenvalue weighted by Gasteiger charge is 2.30. The zero-order valence-electron chi connectivity index (χ0n) is 10.5. The van der Waals surface area contributed by atoms with Crippen molar-refractivity contribution in [2.45, 2.75) is 32.4 Å². The van der Waals surface area contributed by atoms with E-state index in [1.54, 1.807) is 4.90 Å². The second-order valence-corrected chi connectivity index (χ2v) is 4.78. The van der Waals surface area contributed by atoms with Crippen molar-refractivity contribution >= 4 is 17.5 Å². The molecule has 0 spiro atoms. The second-order valence-electron chi connectivity index (χ2n) is 4.39. The Balaban J connectivity index is 2.20. The average Bonchev–Trinajstić information content (AvgIpc) is 2.38. The van der Waals surface area contributed by atoms with E-state index in [1.165, 1.54) is 12.4 Å². The predicted octanol–water partition coefficient (Wildman–Crippen LogP) is 1.77. The van der Waals surface area contributed by atoms with Gasteiger partial charge in [-0.05, 0) is 13.3 Å². The lowest BCUT2D eigenvalue weighted by Gasteiger charge is -2.38. The van der Waals surface area contributed by atoms with Gasteiger partial charge in [-0.25, -0.2) is 4.98 Å². The molecule has 0 radical (unpaired) electrons. The maximum Gasteiger partial charge on any atom is 0.274 e. The van der Waals surface area contributed by atoms with Crippen LogP contribution in [0.2, 0.25) is 5.15 Å². The first-order chi connectivity index (χ1) is 8.61. The van der Waals surface area contributed by atoms with Crippen molar-refractivity contribution in [1.82, 2.24) is 14.9 Å². The summed E-state index contributed by atoms with van der Waals surface area (Å²) >= 11 is 5.76. The van der Waals surface area contributed by atoms with E-state index in [0.29, 0.717) is 13.2 Å². The monoisotopic (exact) mass is 269 g/mol. The van der Waals surface area contributed by atoms with Gasteiger partial charge in [0.15, 0.2) is 0 Å². The topological polar surface area (TPSA) is 55.3 Å². The molecule has 5 nitrogen and oxygen atoms in total. The smallest absolute Gasteiger partial charge is 0.274 e. The Labute approximate surface area is 111 Å². The van der Waals surface area contributed by atoms with Gasteiger partial charge in [-0.15, -0.1) is 0 Å². The Morgan fingerprint density at radius 2 is 2.39 bits per heavy atom. The Morgan fingerprint density at radius 3 is 3.06 bits per heavy atom. The van der Waals surface area contributed by atoms with Crippen LogP contribution in [-0.2, 0) is 4.74 Å². The number of ether oxygens (including phenoxy) is 1. The molecule has 1 saturated heterocycles. The van der Waals surface area contributed by atoms with E-state index in [9.17, 15) is 4.79 Å². The zero-order chi connectivity index (χ0) is 13.1. The minimum atomic E-state index is -0.132. The van der Waals surface area contributed by atoms with Gasteiger partial charge >= 0.3 is 0 Å². The van der Waals surface area contributed by atoms with Crippen LogP contribution in [0.4, 0.5) is 0 Å². The lowest BCUT2D eigenvalue weighted by Crippen LogP contribution is -2.51. The number of hydrogen-bond acceptors (Lipinski definition) is 4. The molecule has 2 unspecified atom stereocenters. The third-order valence-electron chi connectivity index (χ3n) is 3.02. The van der Waals surface area contributed by atoms with Gasteiger partial charge in [0.25, 0.3) is 5.91 Å². The minimum Gasteiger partial charge on any atom is -0.375 e. The highest BCUT2D eigenvalue weighted by Crippen LogP contribution is 2.17. The van der Waals surface area contributed by atoms with E-state index in [2.05, 4.69) is 9.97 Å². The first-order valence-electron chi connectivity index (χ1n) is 6.02. The number of aromatic nitrogens is 2. The van der Waals surface area contributed by atoms with Crippen LogP contribution < -0.4 is 0 Å². The van der Waals surface area contributed by atoms with Crippen molar-refractivity contribution in [2.75, 3.05) is 13.2 Å². The molecule has 18 heavy (non-hydrogen) atoms. The van der Waals surface area contributed by atoms with Gasteiger partial charge in [0.1, 0.15) is 10.8 Å². The summed E-state index contributed by atoms with van der Waals surface area (Å²) in [6.07, 6.45) is 3.76. The molecular formula is C12H16ClN3O2. The summed E-state index contributed by atoms with van der Waals surface area (Å²) in [5.41, 5.74) is 0.287. The summed E-state index contributed by atoms with van der Waals surface area (Å²) in [6.45, 7) is 5.13. The fourth-order valence-corrected chi connectivity index (χ4v) is 2.17. The third-order valence-corrected chi connectivity index (χ3v) is 3.21. The standard InChI is InChI=1S/C12H16ClN3O2/c1-3-9-7-18-8(2)6-16(9)12(17)10-4-14-5-11(13)15-10/h4-5,8-9H,3,6-7H2,1-2H3. The maximum absolute atomic E-state index is 12.4. The summed E-state index contributed by atoms with van der Waals surface area (Å²) in [5, 5.41) is 0.232. The van der Waals surface area contributed by atoms with Crippen LogP contribution in [0.5, 0.6) is 0 Å². The largest absolute Gasteiger partial charge is 0.375 e. The van der Waals surface area contributed by atoms with Crippen molar-refractivity contribution in [1.29, 1.82) is 0 Å². The highest BCUT2D eigenvalue weighted by molar-refractivity contribution is 6.29. The van der Waals surface area contributed by atoms with Crippen molar-refractivity contribution in [2.24, 2.45) is 0 Å². The third kappa shape index (κ3) is 2.79. The van der Waals surface area contributed by atoms with Gasteiger partial charge in [-0.2, -0.15) is 0 Å². The van der Waals surface area contributed by atoms with Crippen molar-refractivity contribution in [3.63, 3.8) is 0 Å². The van der Waals surface area contributed by atoms with Gasteiger partial charge in [0.05, 0.1) is 31.1 Å². The van der Waals surface area contributed by atoms with E-state index in [4.69, 9.17) is 16.3 Å². The number of carbonyl (C=O) groups is 1. The van der Waals surface area contributed by atoms with Crippen molar-refractivity contribution in [3.05, 3.63) is 23.2 Å². The number of hydrogen-bond donors (Lipinski definition) is 0. The van der Waals surface area contributed by atoms with E-state index >= 15 is 0 Å². The number of morpholine rings is 1. The zero-order valence-corrected chi connectivity index (χ0v) is 11.2. The van der Waals surface area contributed by atoms with Crippen LogP contribution in [0.3, 0.4) is 0 Å². The molecule has 0 saturated carbocycles. The molecule has 2 rings (SSSR count). The van der Waals surface area contributed by atoms with Crippen LogP contribution >= 0.6 is 11.6 Å². The summed E-state index contributed by atoms with van der Waals surface area (Å²) in [7, 11) is 0. The van der Waals surface area contributed by atoms with E-state index in [-0.39, 0.29) is 28.9 Å². The number of carbonyl (C=O) groups excluding carboxylic acids is 1. The van der Waals surface area contributed by atoms with Crippen molar-refractivity contribution in [3.8, 4) is 0 Å². The molecule has 1 amide bonds. The summed E-state index contributed by atoms with van der Waals surface area (Å²) in [4.78, 5) is 22.1. The molecule has 2 atom stereocenters. The first kappa shape index (κ1) is 13.2. The molecule has 1 aliphatic heterocycles. The minimum absolute atomic E-state index is 0.0453. The highest BCUT2D eigenvalue weighted by atomic mass is 35.5. The van der Waals surface area contributed by atoms with Crippen LogP contribution in [-0.4, -0.2) is 46.1 Å². The summed E-state index contributed by atoms with van der Waals surface area (Å²) in [6, 6.07) is 0.0921. The Bertz CT molecular complexity index is 441. The van der Waals surface area contributed by atoms with Gasteiger partial charge < -0.3 is 9.64 Å². The molecule has 0 bridgehead atoms. The normalized spacial score (nSPS) is 24.1. The van der Waals surface area contributed by atoms with Gasteiger partial charge in [0, 0.05) is 6.54 Å². The van der Waals surface area contributed by atoms with E-state index in [0.717, 1.165) is 6.42 Å². The number of nitrogens with zero attached hydrogens (tertiary/aromatic N) is 3. The van der Waals surface area contributed by atoms with Gasteiger partial charge in [0.2, 0.25) is 0 Å². The molecule has 1 aliphatic rings. The molecule has 0 aromatic carbocycles. The predicted molar refractivity (Wildman–Crippen MR) is 67.6 cm³/mol. The maximum atomic E-state index is 12.4. The lowest BCUT2D eigenvalue weighted by molar-refractivity contribution is -0.0446. The lowest BCUT2D eigenvalue weighted by atomic mass is 10.1. The SMILES string of the molecule is CCC1COC(C)CN1C(=O)c1cncc(Cl)n1. The number of rotatable bonds is 2. The second kappa shape index (κ2) is 5.63. The fourth-order valence-electron chi connectivity index (χ4n) is 2.02. The summed E-state index contributed by atoms with van der Waals surface area (Å²) < 4.78 is 5.57. The molecule has 1 aromatic rings. The first-order valence-corrected chi connectivity index (χ1v) is 6.39. The molecule has 2 heterocycles. The summed E-state index contributed by atoms with van der Waals surface area (Å²) in [5.74, 6) is -0.132. The molecule has 0 N–H and O–H groups in total. The molecule has 98 valence electrons. The molecule has 1 aromatic heterocycles. The van der Waals surface area contributed by atoms with Crippen LogP contribution in [0.1, 0.15) is 30.8 Å². The van der Waals surface area contributed by atoms with Gasteiger partial charge in [-0.3, -0.25) is 9.78 Å². The van der Waals surface area contributed by atoms with Crippen LogP contribution in [0.25, 0.3) is 0 Å². The Hall–Kier alpha value is -1.20. The Morgan fingerprint density at radius 1 is 1.61 bits per heavy atom. The van der Waals surface area contributed by atoms with Crippen LogP contribution in [0, 0.1) is 0 Å². The quantitative estimate of drug-likeness (QED) is 0.821. The molecule has 1 fully saturated rings. The molecular weight excluding hydrogens is 254 g/mol. The number of amides is 1. The van der Waals surface area contributed by atoms with Crippen LogP contribution in [0.15, 0.2) is 12.4 Å². The fraction of sp³-hybridized carbons (Fsp3) is 0.583. The van der Waals surface area contributed by atoms with E-state index in [1.807, 2.05) is 13.8 Å². The average molecular weight is 270 g/mol. The molecule has 0 aliphatic carbocycles. The van der Waals surface area contributed by atoms with Crippen molar-refractivity contribution < 1.29 is 9.53 Å². The van der Waals surface area contributed by atoms with Gasteiger partial charge in [-0.1, -0.05) is 18.5 Å². The van der Waals surface area contributed by atoms with E-state index < -0.39 is 0 Å². The number of halogens is 1. The Kier molecular flexibility index (Phi) is 4.14.